The highest BCUT2D eigenvalue weighted by molar-refractivity contribution is 7.17. The van der Waals surface area contributed by atoms with Crippen LogP contribution in [0.2, 0.25) is 10.0 Å². The quantitative estimate of drug-likeness (QED) is 0.562. The van der Waals surface area contributed by atoms with Crippen molar-refractivity contribution in [3.05, 3.63) is 38.3 Å². The number of amides is 1. The Kier molecular flexibility index (Phi) is 6.64. The number of aromatic nitrogens is 1. The average molecular weight is 401 g/mol. The van der Waals surface area contributed by atoms with E-state index in [0.29, 0.717) is 43.5 Å². The third kappa shape index (κ3) is 5.07. The highest BCUT2D eigenvalue weighted by Crippen LogP contribution is 2.34. The molecular formula is C16H18Cl2N4O2S. The molecule has 0 bridgehead atoms. The van der Waals surface area contributed by atoms with Crippen LogP contribution in [0.5, 0.6) is 5.75 Å². The molecule has 1 heterocycles. The van der Waals surface area contributed by atoms with Crippen LogP contribution in [0.4, 0.5) is 5.13 Å². The summed E-state index contributed by atoms with van der Waals surface area (Å²) in [7, 11) is 0. The van der Waals surface area contributed by atoms with Gasteiger partial charge in [-0.15, -0.1) is 0 Å². The molecule has 0 atom stereocenters. The van der Waals surface area contributed by atoms with Gasteiger partial charge >= 0.3 is 0 Å². The number of thiazole rings is 1. The second-order valence-corrected chi connectivity index (χ2v) is 7.21. The molecule has 0 spiro atoms. The SMILES string of the molecule is CCc1nc(N)sc1C(=O)N/N=C\c1cc(Cl)c(OC(C)C)c(Cl)c1. The number of benzene rings is 1. The summed E-state index contributed by atoms with van der Waals surface area (Å²) in [5.74, 6) is 0.0616. The van der Waals surface area contributed by atoms with Crippen LogP contribution >= 0.6 is 34.5 Å². The molecular weight excluding hydrogens is 383 g/mol. The lowest BCUT2D eigenvalue weighted by molar-refractivity contribution is 0.0958. The van der Waals surface area contributed by atoms with E-state index in [4.69, 9.17) is 33.7 Å². The van der Waals surface area contributed by atoms with Crippen LogP contribution in [0.15, 0.2) is 17.2 Å². The lowest BCUT2D eigenvalue weighted by atomic mass is 10.2. The third-order valence-electron chi connectivity index (χ3n) is 3.01. The third-order valence-corrected chi connectivity index (χ3v) is 4.50. The highest BCUT2D eigenvalue weighted by Gasteiger charge is 2.15. The van der Waals surface area contributed by atoms with E-state index in [0.717, 1.165) is 11.3 Å². The molecule has 25 heavy (non-hydrogen) atoms. The maximum atomic E-state index is 12.2. The summed E-state index contributed by atoms with van der Waals surface area (Å²) >= 11 is 13.5. The Morgan fingerprint density at radius 3 is 2.64 bits per heavy atom. The predicted molar refractivity (Wildman–Crippen MR) is 103 cm³/mol. The number of nitrogens with two attached hydrogens (primary N) is 1. The zero-order valence-corrected chi connectivity index (χ0v) is 16.3. The molecule has 2 aromatic rings. The molecule has 6 nitrogen and oxygen atoms in total. The maximum Gasteiger partial charge on any atom is 0.283 e. The zero-order chi connectivity index (χ0) is 18.6. The summed E-state index contributed by atoms with van der Waals surface area (Å²) in [5.41, 5.74) is 9.37. The minimum atomic E-state index is -0.362. The molecule has 0 aliphatic carbocycles. The van der Waals surface area contributed by atoms with Crippen molar-refractivity contribution in [3.63, 3.8) is 0 Å². The minimum Gasteiger partial charge on any atom is -0.488 e. The smallest absolute Gasteiger partial charge is 0.283 e. The number of carbonyl (C=O) groups is 1. The van der Waals surface area contributed by atoms with Crippen molar-refractivity contribution < 1.29 is 9.53 Å². The number of nitrogens with zero attached hydrogens (tertiary/aromatic N) is 2. The van der Waals surface area contributed by atoms with Crippen molar-refractivity contribution in [1.82, 2.24) is 10.4 Å². The molecule has 0 aliphatic rings. The van der Waals surface area contributed by atoms with Crippen molar-refractivity contribution in [1.29, 1.82) is 0 Å². The lowest BCUT2D eigenvalue weighted by Gasteiger charge is -2.13. The van der Waals surface area contributed by atoms with Crippen LogP contribution < -0.4 is 15.9 Å². The molecule has 1 amide bonds. The number of rotatable bonds is 6. The Labute approximate surface area is 160 Å². The van der Waals surface area contributed by atoms with Crippen molar-refractivity contribution >= 4 is 51.8 Å². The first-order valence-electron chi connectivity index (χ1n) is 7.56. The van der Waals surface area contributed by atoms with E-state index < -0.39 is 0 Å². The van der Waals surface area contributed by atoms with Gasteiger partial charge in [0.2, 0.25) is 0 Å². The largest absolute Gasteiger partial charge is 0.488 e. The summed E-state index contributed by atoms with van der Waals surface area (Å²) < 4.78 is 5.56. The number of nitrogen functional groups attached to an aromatic ring is 1. The second-order valence-electron chi connectivity index (χ2n) is 5.36. The van der Waals surface area contributed by atoms with Gasteiger partial charge in [0, 0.05) is 0 Å². The molecule has 0 radical (unpaired) electrons. The van der Waals surface area contributed by atoms with Crippen molar-refractivity contribution in [2.45, 2.75) is 33.3 Å². The van der Waals surface area contributed by atoms with E-state index in [1.807, 2.05) is 20.8 Å². The van der Waals surface area contributed by atoms with E-state index in [1.54, 1.807) is 12.1 Å². The predicted octanol–water partition coefficient (Wildman–Crippen LogP) is 4.15. The highest BCUT2D eigenvalue weighted by atomic mass is 35.5. The van der Waals surface area contributed by atoms with Crippen LogP contribution in [-0.2, 0) is 6.42 Å². The summed E-state index contributed by atoms with van der Waals surface area (Å²) in [6.07, 6.45) is 2.02. The minimum absolute atomic E-state index is 0.0478. The van der Waals surface area contributed by atoms with Crippen LogP contribution in [0.3, 0.4) is 0 Å². The van der Waals surface area contributed by atoms with Gasteiger partial charge in [0.05, 0.1) is 28.1 Å². The van der Waals surface area contributed by atoms with Gasteiger partial charge in [-0.3, -0.25) is 4.79 Å². The number of aryl methyl sites for hydroxylation is 1. The fourth-order valence-electron chi connectivity index (χ4n) is 2.01. The van der Waals surface area contributed by atoms with Gasteiger partial charge in [0.15, 0.2) is 10.9 Å². The van der Waals surface area contributed by atoms with Gasteiger partial charge in [-0.2, -0.15) is 5.10 Å². The van der Waals surface area contributed by atoms with Gasteiger partial charge < -0.3 is 10.5 Å². The molecule has 2 rings (SSSR count). The van der Waals surface area contributed by atoms with Crippen molar-refractivity contribution in [2.24, 2.45) is 5.10 Å². The van der Waals surface area contributed by atoms with Crippen molar-refractivity contribution in [3.8, 4) is 5.75 Å². The number of halogens is 2. The molecule has 1 aromatic heterocycles. The molecule has 0 aliphatic heterocycles. The van der Waals surface area contributed by atoms with Gasteiger partial charge in [-0.1, -0.05) is 41.5 Å². The normalized spacial score (nSPS) is 11.3. The van der Waals surface area contributed by atoms with Crippen LogP contribution in [0, 0.1) is 0 Å². The monoisotopic (exact) mass is 400 g/mol. The lowest BCUT2D eigenvalue weighted by Crippen LogP contribution is -2.17. The summed E-state index contributed by atoms with van der Waals surface area (Å²) in [5, 5.41) is 5.03. The standard InChI is InChI=1S/C16H18Cl2N4O2S/c1-4-12-14(25-16(19)21-12)15(23)22-20-7-9-5-10(17)13(11(18)6-9)24-8(2)3/h5-8H,4H2,1-3H3,(H2,19,21)(H,22,23)/b20-7-. The number of anilines is 1. The number of hydrogen-bond donors (Lipinski definition) is 2. The van der Waals surface area contributed by atoms with E-state index in [2.05, 4.69) is 15.5 Å². The number of carbonyl (C=O) groups excluding carboxylic acids is 1. The van der Waals surface area contributed by atoms with E-state index in [1.165, 1.54) is 6.21 Å². The Morgan fingerprint density at radius 2 is 2.08 bits per heavy atom. The Bertz CT molecular complexity index is 782. The maximum absolute atomic E-state index is 12.2. The zero-order valence-electron chi connectivity index (χ0n) is 14.0. The molecule has 3 N–H and O–H groups in total. The molecule has 0 saturated heterocycles. The molecule has 0 saturated carbocycles. The van der Waals surface area contributed by atoms with Gasteiger partial charge in [0.1, 0.15) is 4.88 Å². The van der Waals surface area contributed by atoms with Crippen LogP contribution in [0.1, 0.15) is 41.7 Å². The molecule has 0 fully saturated rings. The van der Waals surface area contributed by atoms with E-state index in [-0.39, 0.29) is 12.0 Å². The van der Waals surface area contributed by atoms with Crippen LogP contribution in [-0.4, -0.2) is 23.2 Å². The second kappa shape index (κ2) is 8.51. The molecule has 134 valence electrons. The van der Waals surface area contributed by atoms with Gasteiger partial charge in [-0.25, -0.2) is 10.4 Å². The number of hydrazone groups is 1. The summed E-state index contributed by atoms with van der Waals surface area (Å²) in [6.45, 7) is 5.67. The number of hydrogen-bond acceptors (Lipinski definition) is 6. The van der Waals surface area contributed by atoms with Crippen molar-refractivity contribution in [2.75, 3.05) is 5.73 Å². The summed E-state index contributed by atoms with van der Waals surface area (Å²) in [4.78, 5) is 16.7. The van der Waals surface area contributed by atoms with Crippen LogP contribution in [0.25, 0.3) is 0 Å². The molecule has 9 heteroatoms. The number of nitrogens with one attached hydrogen (secondary N) is 1. The summed E-state index contributed by atoms with van der Waals surface area (Å²) in [6, 6.07) is 3.31. The van der Waals surface area contributed by atoms with Gasteiger partial charge in [0.25, 0.3) is 5.91 Å². The van der Waals surface area contributed by atoms with E-state index >= 15 is 0 Å². The average Bonchev–Trinajstić information content (AvgIpc) is 2.92. The Morgan fingerprint density at radius 1 is 1.44 bits per heavy atom. The Hall–Kier alpha value is -1.83. The Balaban J connectivity index is 2.10. The first-order valence-corrected chi connectivity index (χ1v) is 9.13. The topological polar surface area (TPSA) is 89.6 Å². The first kappa shape index (κ1) is 19.5. The fourth-order valence-corrected chi connectivity index (χ4v) is 3.41. The van der Waals surface area contributed by atoms with Gasteiger partial charge in [-0.05, 0) is 38.0 Å². The number of ether oxygens (including phenoxy) is 1. The molecule has 0 unspecified atom stereocenters. The molecule has 1 aromatic carbocycles. The first-order chi connectivity index (χ1) is 11.8. The van der Waals surface area contributed by atoms with E-state index in [9.17, 15) is 4.79 Å². The fraction of sp³-hybridized carbons (Fsp3) is 0.312.